The molecule has 1 heterocycles. The van der Waals surface area contributed by atoms with E-state index in [0.29, 0.717) is 5.56 Å². The van der Waals surface area contributed by atoms with E-state index in [4.69, 9.17) is 33.4 Å². The van der Waals surface area contributed by atoms with Gasteiger partial charge in [0.25, 0.3) is 11.8 Å². The molecule has 0 aromatic heterocycles. The molecule has 0 spiro atoms. The van der Waals surface area contributed by atoms with Crippen LogP contribution >= 0.6 is 23.2 Å². The molecule has 2 aromatic carbocycles. The van der Waals surface area contributed by atoms with Crippen molar-refractivity contribution in [3.63, 3.8) is 0 Å². The van der Waals surface area contributed by atoms with Gasteiger partial charge in [0.05, 0.1) is 0 Å². The first-order chi connectivity index (χ1) is 15.7. The highest BCUT2D eigenvalue weighted by atomic mass is 35.5. The van der Waals surface area contributed by atoms with Gasteiger partial charge in [0.1, 0.15) is 12.6 Å². The summed E-state index contributed by atoms with van der Waals surface area (Å²) in [7, 11) is 1.42. The maximum Gasteiger partial charge on any atom is 0.421 e. The number of benzene rings is 2. The minimum atomic E-state index is -5.13. The van der Waals surface area contributed by atoms with E-state index in [1.165, 1.54) is 38.2 Å². The number of hydrogen-bond acceptors (Lipinski definition) is 5. The first-order valence-corrected chi connectivity index (χ1v) is 10.6. The number of halogens is 5. The number of hydroxylamine groups is 2. The van der Waals surface area contributed by atoms with Crippen molar-refractivity contribution in [3.8, 4) is 0 Å². The quantitative estimate of drug-likeness (QED) is 0.503. The lowest BCUT2D eigenvalue weighted by molar-refractivity contribution is -0.263. The van der Waals surface area contributed by atoms with E-state index in [-0.39, 0.29) is 27.8 Å². The molecule has 182 valence electrons. The number of aliphatic hydroxyl groups is 1. The normalized spacial score (nSPS) is 18.1. The van der Waals surface area contributed by atoms with Gasteiger partial charge in [-0.3, -0.25) is 14.4 Å². The fourth-order valence-electron chi connectivity index (χ4n) is 3.50. The van der Waals surface area contributed by atoms with Crippen LogP contribution in [0.25, 0.3) is 0 Å². The van der Waals surface area contributed by atoms with Crippen LogP contribution in [0.15, 0.2) is 36.4 Å². The molecule has 1 aliphatic heterocycles. The fraction of sp³-hybridized carbons (Fsp3) is 0.318. The predicted molar refractivity (Wildman–Crippen MR) is 119 cm³/mol. The van der Waals surface area contributed by atoms with Crippen LogP contribution in [0.2, 0.25) is 10.0 Å². The van der Waals surface area contributed by atoms with Crippen LogP contribution < -0.4 is 5.32 Å². The zero-order valence-electron chi connectivity index (χ0n) is 18.0. The van der Waals surface area contributed by atoms with Gasteiger partial charge in [0.2, 0.25) is 0 Å². The number of rotatable bonds is 6. The number of alkyl halides is 3. The molecule has 1 unspecified atom stereocenters. The molecule has 34 heavy (non-hydrogen) atoms. The number of carbonyl (C=O) groups is 2. The van der Waals surface area contributed by atoms with Gasteiger partial charge in [-0.05, 0) is 53.9 Å². The van der Waals surface area contributed by atoms with Crippen molar-refractivity contribution in [2.24, 2.45) is 0 Å². The lowest BCUT2D eigenvalue weighted by Crippen LogP contribution is -2.44. The second-order valence-corrected chi connectivity index (χ2v) is 8.73. The lowest BCUT2D eigenvalue weighted by atomic mass is 9.85. The summed E-state index contributed by atoms with van der Waals surface area (Å²) in [5.41, 5.74) is -3.93. The van der Waals surface area contributed by atoms with Crippen molar-refractivity contribution in [2.75, 3.05) is 13.7 Å². The Morgan fingerprint density at radius 2 is 1.85 bits per heavy atom. The van der Waals surface area contributed by atoms with E-state index >= 15 is 0 Å². The van der Waals surface area contributed by atoms with Gasteiger partial charge in [-0.15, -0.1) is 0 Å². The Morgan fingerprint density at radius 3 is 2.35 bits per heavy atom. The third-order valence-corrected chi connectivity index (χ3v) is 5.85. The molecule has 2 atom stereocenters. The second kappa shape index (κ2) is 9.53. The van der Waals surface area contributed by atoms with Crippen LogP contribution in [-0.4, -0.2) is 53.6 Å². The van der Waals surface area contributed by atoms with E-state index in [1.54, 1.807) is 0 Å². The maximum absolute atomic E-state index is 13.9. The highest BCUT2D eigenvalue weighted by molar-refractivity contribution is 6.34. The lowest BCUT2D eigenvalue weighted by Gasteiger charge is -2.31. The Kier molecular flexibility index (Phi) is 7.28. The molecule has 1 saturated heterocycles. The van der Waals surface area contributed by atoms with Gasteiger partial charge in [-0.2, -0.15) is 13.2 Å². The van der Waals surface area contributed by atoms with Gasteiger partial charge in [0.15, 0.2) is 5.60 Å². The van der Waals surface area contributed by atoms with Gasteiger partial charge >= 0.3 is 6.18 Å². The van der Waals surface area contributed by atoms with Crippen molar-refractivity contribution >= 4 is 40.7 Å². The number of nitrogens with one attached hydrogen (secondary N) is 2. The number of likely N-dealkylation sites (N-methyl/N-ethyl adjacent to an activating group) is 1. The Balaban J connectivity index is 1.84. The van der Waals surface area contributed by atoms with Crippen molar-refractivity contribution in [1.29, 1.82) is 5.41 Å². The number of aryl methyl sites for hydroxylation is 1. The van der Waals surface area contributed by atoms with E-state index in [9.17, 15) is 27.9 Å². The zero-order chi connectivity index (χ0) is 25.4. The van der Waals surface area contributed by atoms with Crippen LogP contribution in [0, 0.1) is 12.3 Å². The summed E-state index contributed by atoms with van der Waals surface area (Å²) in [6.07, 6.45) is -6.25. The van der Waals surface area contributed by atoms with Crippen molar-refractivity contribution < 1.29 is 32.7 Å². The molecule has 2 aromatic rings. The molecule has 0 bridgehead atoms. The molecule has 3 N–H and O–H groups in total. The summed E-state index contributed by atoms with van der Waals surface area (Å²) in [5.74, 6) is -0.995. The van der Waals surface area contributed by atoms with E-state index < -0.39 is 47.3 Å². The molecule has 7 nitrogen and oxygen atoms in total. The third kappa shape index (κ3) is 5.20. The molecular weight excluding hydrogens is 498 g/mol. The van der Waals surface area contributed by atoms with Crippen molar-refractivity contribution in [1.82, 2.24) is 10.4 Å². The monoisotopic (exact) mass is 517 g/mol. The highest BCUT2D eigenvalue weighted by Crippen LogP contribution is 2.43. The number of amides is 2. The van der Waals surface area contributed by atoms with Crippen LogP contribution in [-0.2, 0) is 15.2 Å². The Morgan fingerprint density at radius 1 is 1.24 bits per heavy atom. The van der Waals surface area contributed by atoms with Gasteiger partial charge in [0, 0.05) is 34.8 Å². The Bertz CT molecular complexity index is 1140. The van der Waals surface area contributed by atoms with Crippen molar-refractivity contribution in [3.05, 3.63) is 68.7 Å². The van der Waals surface area contributed by atoms with E-state index in [2.05, 4.69) is 5.32 Å². The average Bonchev–Trinajstić information content (AvgIpc) is 3.04. The zero-order valence-corrected chi connectivity index (χ0v) is 19.5. The second-order valence-electron chi connectivity index (χ2n) is 7.86. The topological polar surface area (TPSA) is 103 Å². The number of nitrogens with zero attached hydrogens (tertiary/aromatic N) is 1. The number of carbonyl (C=O) groups excluding carboxylic acids is 2. The summed E-state index contributed by atoms with van der Waals surface area (Å²) >= 11 is 11.6. The molecule has 2 amide bonds. The molecule has 12 heteroatoms. The molecule has 3 rings (SSSR count). The van der Waals surface area contributed by atoms with Crippen LogP contribution in [0.3, 0.4) is 0 Å². The smallest absolute Gasteiger partial charge is 0.376 e. The fourth-order valence-corrected chi connectivity index (χ4v) is 4.03. The summed E-state index contributed by atoms with van der Waals surface area (Å²) in [5, 5.41) is 22.2. The third-order valence-electron chi connectivity index (χ3n) is 5.41. The standard InChI is InChI=1S/C22H20Cl2F3N3O4/c1-11-5-12(3-4-16(11)19(31)29-18-10-34-30(2)20(18)32)17(28)9-21(33,22(25,26)27)13-6-14(23)8-15(24)7-13/h3-8,18,28,33H,9-10H2,1-2H3,(H,29,31)/t18-,21?/m1/s1. The molecule has 0 saturated carbocycles. The minimum absolute atomic E-state index is 0.0214. The molecule has 1 aliphatic rings. The SMILES string of the molecule is Cc1cc(C(=N)CC(O)(c2cc(Cl)cc(Cl)c2)C(F)(F)F)ccc1C(=O)N[C@@H]1CON(C)C1=O. The minimum Gasteiger partial charge on any atom is -0.376 e. The first-order valence-electron chi connectivity index (χ1n) is 9.88. The maximum atomic E-state index is 13.9. The summed E-state index contributed by atoms with van der Waals surface area (Å²) < 4.78 is 41.7. The highest BCUT2D eigenvalue weighted by Gasteiger charge is 2.55. The molecule has 0 aliphatic carbocycles. The van der Waals surface area contributed by atoms with Gasteiger partial charge < -0.3 is 15.8 Å². The Labute approximate surface area is 202 Å². The van der Waals surface area contributed by atoms with Crippen LogP contribution in [0.1, 0.15) is 33.5 Å². The van der Waals surface area contributed by atoms with Crippen molar-refractivity contribution in [2.45, 2.75) is 31.2 Å². The molecule has 1 fully saturated rings. The van der Waals surface area contributed by atoms with E-state index in [0.717, 1.165) is 17.2 Å². The number of hydrogen-bond donors (Lipinski definition) is 3. The van der Waals surface area contributed by atoms with Crippen LogP contribution in [0.5, 0.6) is 0 Å². The average molecular weight is 518 g/mol. The van der Waals surface area contributed by atoms with Crippen LogP contribution in [0.4, 0.5) is 13.2 Å². The predicted octanol–water partition coefficient (Wildman–Crippen LogP) is 4.01. The first kappa shape index (κ1) is 26.0. The van der Waals surface area contributed by atoms with E-state index in [1.807, 2.05) is 0 Å². The molecule has 0 radical (unpaired) electrons. The van der Waals surface area contributed by atoms with Gasteiger partial charge in [-0.1, -0.05) is 29.3 Å². The largest absolute Gasteiger partial charge is 0.421 e. The summed E-state index contributed by atoms with van der Waals surface area (Å²) in [4.78, 5) is 29.5. The Hall–Kier alpha value is -2.66. The van der Waals surface area contributed by atoms with Gasteiger partial charge in [-0.25, -0.2) is 5.06 Å². The summed E-state index contributed by atoms with van der Waals surface area (Å²) in [6, 6.07) is 6.24. The summed E-state index contributed by atoms with van der Waals surface area (Å²) in [6.45, 7) is 1.52. The molecular formula is C22H20Cl2F3N3O4.